The van der Waals surface area contributed by atoms with Crippen LogP contribution in [0.1, 0.15) is 0 Å². The summed E-state index contributed by atoms with van der Waals surface area (Å²) in [6.07, 6.45) is 0.812. The Balaban J connectivity index is 2.27. The summed E-state index contributed by atoms with van der Waals surface area (Å²) in [7, 11) is -8.41. The van der Waals surface area contributed by atoms with Crippen molar-refractivity contribution in [1.29, 1.82) is 0 Å². The third kappa shape index (κ3) is 3.33. The van der Waals surface area contributed by atoms with E-state index in [0.29, 0.717) is 5.56 Å². The van der Waals surface area contributed by atoms with Crippen LogP contribution in [0.3, 0.4) is 0 Å². The van der Waals surface area contributed by atoms with Crippen molar-refractivity contribution < 1.29 is 25.6 Å². The van der Waals surface area contributed by atoms with E-state index < -0.39 is 40.5 Å². The van der Waals surface area contributed by atoms with E-state index >= 15 is 0 Å². The van der Waals surface area contributed by atoms with Crippen molar-refractivity contribution in [1.82, 2.24) is 4.98 Å². The quantitative estimate of drug-likeness (QED) is 0.690. The summed E-state index contributed by atoms with van der Waals surface area (Å²) < 4.78 is 68.1. The minimum absolute atomic E-state index is 0.156. The van der Waals surface area contributed by atoms with Crippen molar-refractivity contribution >= 4 is 19.7 Å². The highest BCUT2D eigenvalue weighted by atomic mass is 32.2. The van der Waals surface area contributed by atoms with E-state index in [1.54, 1.807) is 30.3 Å². The summed E-state index contributed by atoms with van der Waals surface area (Å²) in [6.45, 7) is 0. The summed E-state index contributed by atoms with van der Waals surface area (Å²) in [5, 5.41) is -1.55. The molecule has 1 heterocycles. The van der Waals surface area contributed by atoms with Gasteiger partial charge >= 0.3 is 0 Å². The molecule has 0 saturated heterocycles. The number of hydrogen-bond acceptors (Lipinski definition) is 6. The largest absolute Gasteiger partial charge is 0.423 e. The second-order valence-corrected chi connectivity index (χ2v) is 8.99. The Bertz CT molecular complexity index is 1140. The number of aromatic nitrogens is 1. The van der Waals surface area contributed by atoms with Crippen LogP contribution in [-0.4, -0.2) is 28.1 Å². The molecular weight excluding hydrogens is 369 g/mol. The fourth-order valence-corrected chi connectivity index (χ4v) is 4.74. The van der Waals surface area contributed by atoms with Gasteiger partial charge in [-0.3, -0.25) is 0 Å². The topological polar surface area (TPSA) is 94.3 Å². The predicted molar refractivity (Wildman–Crippen MR) is 86.9 cm³/mol. The molecule has 130 valence electrons. The Hall–Kier alpha value is -2.52. The second kappa shape index (κ2) is 6.08. The summed E-state index contributed by atoms with van der Waals surface area (Å²) in [5.41, 5.74) is 0.410. The molecule has 0 aliphatic heterocycles. The maximum atomic E-state index is 13.4. The number of sulfone groups is 2. The number of benzene rings is 2. The first-order valence-corrected chi connectivity index (χ1v) is 10.3. The van der Waals surface area contributed by atoms with Crippen LogP contribution >= 0.6 is 0 Å². The smallest absolute Gasteiger partial charge is 0.258 e. The third-order valence-corrected chi connectivity index (χ3v) is 6.03. The van der Waals surface area contributed by atoms with Crippen LogP contribution in [0.15, 0.2) is 74.0 Å². The van der Waals surface area contributed by atoms with Crippen molar-refractivity contribution in [2.75, 3.05) is 6.26 Å². The van der Waals surface area contributed by atoms with E-state index in [9.17, 15) is 21.2 Å². The van der Waals surface area contributed by atoms with E-state index in [-0.39, 0.29) is 5.89 Å². The Labute approximate surface area is 143 Å². The highest BCUT2D eigenvalue weighted by molar-refractivity contribution is 7.94. The van der Waals surface area contributed by atoms with Crippen LogP contribution in [-0.2, 0) is 19.7 Å². The lowest BCUT2D eigenvalue weighted by atomic mass is 10.2. The second-order valence-electron chi connectivity index (χ2n) is 5.21. The Kier molecular flexibility index (Phi) is 4.21. The minimum Gasteiger partial charge on any atom is -0.423 e. The molecule has 6 nitrogen and oxygen atoms in total. The van der Waals surface area contributed by atoms with Gasteiger partial charge in [0, 0.05) is 11.8 Å². The van der Waals surface area contributed by atoms with E-state index in [2.05, 4.69) is 4.98 Å². The summed E-state index contributed by atoms with van der Waals surface area (Å²) in [6, 6.07) is 12.5. The van der Waals surface area contributed by atoms with Crippen LogP contribution in [0.2, 0.25) is 0 Å². The SMILES string of the molecule is CS(=O)(=O)c1oc(-c2ccccc2)nc1S(=O)(=O)c1cccc(F)c1. The van der Waals surface area contributed by atoms with Crippen molar-refractivity contribution in [3.63, 3.8) is 0 Å². The van der Waals surface area contributed by atoms with Gasteiger partial charge in [-0.1, -0.05) is 24.3 Å². The first-order valence-electron chi connectivity index (χ1n) is 6.96. The van der Waals surface area contributed by atoms with Crippen molar-refractivity contribution in [2.24, 2.45) is 0 Å². The number of oxazole rings is 1. The fraction of sp³-hybridized carbons (Fsp3) is 0.0625. The van der Waals surface area contributed by atoms with Crippen LogP contribution in [0.25, 0.3) is 11.5 Å². The van der Waals surface area contributed by atoms with Gasteiger partial charge in [-0.05, 0) is 30.3 Å². The molecule has 0 amide bonds. The van der Waals surface area contributed by atoms with E-state index in [4.69, 9.17) is 4.42 Å². The predicted octanol–water partition coefficient (Wildman–Crippen LogP) is 2.72. The normalized spacial score (nSPS) is 12.2. The molecule has 0 saturated carbocycles. The zero-order chi connectivity index (χ0) is 18.2. The lowest BCUT2D eigenvalue weighted by Gasteiger charge is -2.02. The molecule has 2 aromatic carbocycles. The van der Waals surface area contributed by atoms with Crippen molar-refractivity contribution in [3.05, 3.63) is 60.4 Å². The average Bonchev–Trinajstić information content (AvgIpc) is 3.02. The summed E-state index contributed by atoms with van der Waals surface area (Å²) >= 11 is 0. The van der Waals surface area contributed by atoms with Crippen molar-refractivity contribution in [3.8, 4) is 11.5 Å². The molecule has 0 N–H and O–H groups in total. The number of halogens is 1. The molecule has 0 fully saturated rings. The summed E-state index contributed by atoms with van der Waals surface area (Å²) in [5.74, 6) is -0.926. The van der Waals surface area contributed by atoms with Gasteiger partial charge in [-0.25, -0.2) is 21.2 Å². The lowest BCUT2D eigenvalue weighted by molar-refractivity contribution is 0.447. The molecule has 1 aromatic heterocycles. The van der Waals surface area contributed by atoms with Gasteiger partial charge in [-0.2, -0.15) is 4.98 Å². The maximum Gasteiger partial charge on any atom is 0.258 e. The van der Waals surface area contributed by atoms with Gasteiger partial charge in [0.2, 0.25) is 30.6 Å². The Morgan fingerprint density at radius 1 is 0.960 bits per heavy atom. The van der Waals surface area contributed by atoms with Gasteiger partial charge in [-0.15, -0.1) is 0 Å². The Morgan fingerprint density at radius 3 is 2.24 bits per heavy atom. The van der Waals surface area contributed by atoms with Gasteiger partial charge in [0.05, 0.1) is 4.90 Å². The number of hydrogen-bond donors (Lipinski definition) is 0. The van der Waals surface area contributed by atoms with E-state index in [0.717, 1.165) is 24.5 Å². The molecule has 0 bridgehead atoms. The molecule has 0 aliphatic carbocycles. The average molecular weight is 381 g/mol. The molecule has 0 atom stereocenters. The van der Waals surface area contributed by atoms with Crippen molar-refractivity contribution in [2.45, 2.75) is 15.0 Å². The van der Waals surface area contributed by atoms with Gasteiger partial charge in [0.15, 0.2) is 0 Å². The highest BCUT2D eigenvalue weighted by Crippen LogP contribution is 2.31. The zero-order valence-corrected chi connectivity index (χ0v) is 14.5. The molecule has 0 aliphatic rings. The molecule has 3 rings (SSSR count). The Morgan fingerprint density at radius 2 is 1.64 bits per heavy atom. The van der Waals surface area contributed by atoms with Crippen LogP contribution in [0.5, 0.6) is 0 Å². The third-order valence-electron chi connectivity index (χ3n) is 3.29. The number of nitrogens with zero attached hydrogens (tertiary/aromatic N) is 1. The first-order chi connectivity index (χ1) is 11.7. The molecular formula is C16H12FNO5S2. The summed E-state index contributed by atoms with van der Waals surface area (Å²) in [4.78, 5) is 3.46. The van der Waals surface area contributed by atoms with Crippen LogP contribution in [0.4, 0.5) is 4.39 Å². The lowest BCUT2D eigenvalue weighted by Crippen LogP contribution is -2.08. The van der Waals surface area contributed by atoms with Crippen LogP contribution < -0.4 is 0 Å². The fourth-order valence-electron chi connectivity index (χ4n) is 2.15. The molecule has 9 heteroatoms. The van der Waals surface area contributed by atoms with Gasteiger partial charge < -0.3 is 4.42 Å². The number of rotatable bonds is 4. The van der Waals surface area contributed by atoms with E-state index in [1.807, 2.05) is 0 Å². The van der Waals surface area contributed by atoms with Gasteiger partial charge in [0.25, 0.3) is 5.09 Å². The molecule has 0 unspecified atom stereocenters. The van der Waals surface area contributed by atoms with Crippen LogP contribution in [0, 0.1) is 5.82 Å². The maximum absolute atomic E-state index is 13.4. The molecule has 3 aromatic rings. The standard InChI is InChI=1S/C16H12FNO5S2/c1-24(19,20)16-15(18-14(23-16)11-6-3-2-4-7-11)25(21,22)13-9-5-8-12(17)10-13/h2-10H,1H3. The molecule has 25 heavy (non-hydrogen) atoms. The molecule has 0 radical (unpaired) electrons. The highest BCUT2D eigenvalue weighted by Gasteiger charge is 2.33. The van der Waals surface area contributed by atoms with E-state index in [1.165, 1.54) is 6.07 Å². The van der Waals surface area contributed by atoms with Gasteiger partial charge in [0.1, 0.15) is 5.82 Å². The zero-order valence-electron chi connectivity index (χ0n) is 12.9. The first kappa shape index (κ1) is 17.3. The minimum atomic E-state index is -4.39. The molecule has 0 spiro atoms. The monoisotopic (exact) mass is 381 g/mol.